The molecule has 0 atom stereocenters. The summed E-state index contributed by atoms with van der Waals surface area (Å²) in [5.41, 5.74) is 5.86. The number of benzene rings is 1. The van der Waals surface area contributed by atoms with Gasteiger partial charge in [0, 0.05) is 39.3 Å². The lowest BCUT2D eigenvalue weighted by Gasteiger charge is -2.34. The van der Waals surface area contributed by atoms with E-state index in [2.05, 4.69) is 22.0 Å². The third-order valence-electron chi connectivity index (χ3n) is 5.05. The molecular weight excluding hydrogens is 358 g/mol. The number of ketones is 1. The number of aromatic amines is 1. The molecule has 150 valence electrons. The van der Waals surface area contributed by atoms with Crippen LogP contribution in [0.25, 0.3) is 0 Å². The molecule has 1 aliphatic heterocycles. The molecule has 0 spiro atoms. The summed E-state index contributed by atoms with van der Waals surface area (Å²) in [6.07, 6.45) is 0.674. The van der Waals surface area contributed by atoms with Crippen LogP contribution in [0.5, 0.6) is 0 Å². The van der Waals surface area contributed by atoms with Crippen LogP contribution in [-0.2, 0) is 13.1 Å². The summed E-state index contributed by atoms with van der Waals surface area (Å²) in [6, 6.07) is 10.3. The molecule has 28 heavy (non-hydrogen) atoms. The van der Waals surface area contributed by atoms with Crippen LogP contribution in [0.1, 0.15) is 29.3 Å². The van der Waals surface area contributed by atoms with Crippen LogP contribution >= 0.6 is 0 Å². The van der Waals surface area contributed by atoms with Crippen molar-refractivity contribution in [3.05, 3.63) is 62.3 Å². The fraction of sp³-hybridized carbons (Fsp3) is 0.450. The van der Waals surface area contributed by atoms with E-state index in [1.165, 1.54) is 10.1 Å². The van der Waals surface area contributed by atoms with Crippen molar-refractivity contribution in [1.29, 1.82) is 0 Å². The Labute approximate surface area is 163 Å². The molecule has 8 heteroatoms. The van der Waals surface area contributed by atoms with Crippen molar-refractivity contribution in [2.75, 3.05) is 38.5 Å². The largest absolute Gasteiger partial charge is 0.384 e. The molecular formula is C20H27N5O3. The maximum absolute atomic E-state index is 12.7. The van der Waals surface area contributed by atoms with Crippen molar-refractivity contribution < 1.29 is 4.79 Å². The molecule has 0 aliphatic carbocycles. The fourth-order valence-corrected chi connectivity index (χ4v) is 3.53. The number of anilines is 1. The van der Waals surface area contributed by atoms with E-state index >= 15 is 0 Å². The number of carbonyl (C=O) groups is 1. The van der Waals surface area contributed by atoms with E-state index in [0.717, 1.165) is 32.7 Å². The highest BCUT2D eigenvalue weighted by atomic mass is 16.2. The lowest BCUT2D eigenvalue weighted by Crippen LogP contribution is -2.48. The van der Waals surface area contributed by atoms with Gasteiger partial charge < -0.3 is 5.73 Å². The average Bonchev–Trinajstić information content (AvgIpc) is 2.67. The highest BCUT2D eigenvalue weighted by Crippen LogP contribution is 2.11. The minimum atomic E-state index is -0.706. The van der Waals surface area contributed by atoms with Crippen LogP contribution in [0.4, 0.5) is 5.82 Å². The molecule has 3 N–H and O–H groups in total. The zero-order valence-electron chi connectivity index (χ0n) is 16.2. The molecule has 0 bridgehead atoms. The van der Waals surface area contributed by atoms with Gasteiger partial charge in [-0.1, -0.05) is 37.3 Å². The molecule has 0 amide bonds. The van der Waals surface area contributed by atoms with Crippen LogP contribution < -0.4 is 17.0 Å². The monoisotopic (exact) mass is 385 g/mol. The van der Waals surface area contributed by atoms with Crippen LogP contribution in [0, 0.1) is 0 Å². The Bertz CT molecular complexity index is 927. The van der Waals surface area contributed by atoms with Crippen molar-refractivity contribution in [2.45, 2.75) is 26.4 Å². The minimum Gasteiger partial charge on any atom is -0.384 e. The number of hydrogen-bond donors (Lipinski definition) is 2. The zero-order valence-corrected chi connectivity index (χ0v) is 16.2. The molecule has 0 radical (unpaired) electrons. The van der Waals surface area contributed by atoms with Crippen LogP contribution in [0.3, 0.4) is 0 Å². The molecule has 8 nitrogen and oxygen atoms in total. The van der Waals surface area contributed by atoms with Gasteiger partial charge in [-0.05, 0) is 12.0 Å². The van der Waals surface area contributed by atoms with Crippen molar-refractivity contribution in [3.63, 3.8) is 0 Å². The number of piperazine rings is 1. The Morgan fingerprint density at radius 2 is 1.71 bits per heavy atom. The van der Waals surface area contributed by atoms with Gasteiger partial charge in [0.05, 0.1) is 6.54 Å². The number of nitrogens with two attached hydrogens (primary N) is 1. The first-order chi connectivity index (χ1) is 13.5. The average molecular weight is 385 g/mol. The molecule has 1 saturated heterocycles. The Balaban J connectivity index is 1.63. The Morgan fingerprint density at radius 3 is 2.36 bits per heavy atom. The number of hydrogen-bond acceptors (Lipinski definition) is 6. The molecule has 1 aliphatic rings. The summed E-state index contributed by atoms with van der Waals surface area (Å²) in [6.45, 7) is 6.45. The molecule has 1 fully saturated rings. The smallest absolute Gasteiger partial charge is 0.329 e. The van der Waals surface area contributed by atoms with Gasteiger partial charge in [-0.3, -0.25) is 28.9 Å². The summed E-state index contributed by atoms with van der Waals surface area (Å²) in [5.74, 6) is -0.386. The molecule has 3 rings (SSSR count). The van der Waals surface area contributed by atoms with E-state index in [9.17, 15) is 14.4 Å². The second kappa shape index (κ2) is 8.99. The van der Waals surface area contributed by atoms with E-state index in [0.29, 0.717) is 13.0 Å². The lowest BCUT2D eigenvalue weighted by atomic mass is 10.1. The van der Waals surface area contributed by atoms with Gasteiger partial charge in [-0.15, -0.1) is 0 Å². The first kappa shape index (κ1) is 20.0. The predicted molar refractivity (Wildman–Crippen MR) is 109 cm³/mol. The fourth-order valence-electron chi connectivity index (χ4n) is 3.53. The van der Waals surface area contributed by atoms with Crippen molar-refractivity contribution >= 4 is 11.6 Å². The number of H-pyrrole nitrogens is 1. The van der Waals surface area contributed by atoms with Gasteiger partial charge in [0.15, 0.2) is 5.78 Å². The first-order valence-corrected chi connectivity index (χ1v) is 9.64. The van der Waals surface area contributed by atoms with Crippen molar-refractivity contribution in [2.24, 2.45) is 0 Å². The SMILES string of the molecule is CCCn1c(N)c(C(=O)CN2CCN(Cc3ccccc3)CC2)c(=O)[nH]c1=O. The number of nitrogens with zero attached hydrogens (tertiary/aromatic N) is 3. The van der Waals surface area contributed by atoms with E-state index in [-0.39, 0.29) is 23.7 Å². The number of carbonyl (C=O) groups excluding carboxylic acids is 1. The topological polar surface area (TPSA) is 104 Å². The van der Waals surface area contributed by atoms with Crippen molar-refractivity contribution in [1.82, 2.24) is 19.4 Å². The maximum atomic E-state index is 12.7. The second-order valence-corrected chi connectivity index (χ2v) is 7.13. The number of nitrogens with one attached hydrogen (secondary N) is 1. The lowest BCUT2D eigenvalue weighted by molar-refractivity contribution is 0.0842. The van der Waals surface area contributed by atoms with Gasteiger partial charge >= 0.3 is 5.69 Å². The van der Waals surface area contributed by atoms with Crippen molar-refractivity contribution in [3.8, 4) is 0 Å². The second-order valence-electron chi connectivity index (χ2n) is 7.13. The van der Waals surface area contributed by atoms with Gasteiger partial charge in [0.2, 0.25) is 0 Å². The summed E-state index contributed by atoms with van der Waals surface area (Å²) in [4.78, 5) is 43.4. The Kier molecular flexibility index (Phi) is 6.43. The van der Waals surface area contributed by atoms with Crippen LogP contribution in [0.15, 0.2) is 39.9 Å². The summed E-state index contributed by atoms with van der Waals surface area (Å²) in [7, 11) is 0. The molecule has 1 aromatic carbocycles. The van der Waals surface area contributed by atoms with E-state index in [4.69, 9.17) is 5.73 Å². The normalized spacial score (nSPS) is 15.6. The van der Waals surface area contributed by atoms with Crippen LogP contribution in [-0.4, -0.2) is 57.9 Å². The predicted octanol–water partition coefficient (Wildman–Crippen LogP) is 0.529. The number of aromatic nitrogens is 2. The maximum Gasteiger partial charge on any atom is 0.329 e. The Morgan fingerprint density at radius 1 is 1.07 bits per heavy atom. The zero-order chi connectivity index (χ0) is 20.1. The molecule has 1 aromatic heterocycles. The molecule has 2 heterocycles. The van der Waals surface area contributed by atoms with Gasteiger partial charge in [-0.25, -0.2) is 4.79 Å². The third-order valence-corrected chi connectivity index (χ3v) is 5.05. The minimum absolute atomic E-state index is 0.0386. The number of nitrogen functional groups attached to an aromatic ring is 1. The highest BCUT2D eigenvalue weighted by molar-refractivity contribution is 6.01. The van der Waals surface area contributed by atoms with Gasteiger partial charge in [0.25, 0.3) is 5.56 Å². The standard InChI is InChI=1S/C20H27N5O3/c1-2-8-25-18(21)17(19(27)22-20(25)28)16(26)14-24-11-9-23(10-12-24)13-15-6-4-3-5-7-15/h3-7H,2,8-14,21H2,1H3,(H,22,27,28). The van der Waals surface area contributed by atoms with E-state index in [1.54, 1.807) is 0 Å². The molecule has 0 unspecified atom stereocenters. The van der Waals surface area contributed by atoms with Crippen LogP contribution in [0.2, 0.25) is 0 Å². The molecule has 2 aromatic rings. The molecule has 0 saturated carbocycles. The number of rotatable bonds is 7. The van der Waals surface area contributed by atoms with E-state index < -0.39 is 11.2 Å². The summed E-state index contributed by atoms with van der Waals surface area (Å²) >= 11 is 0. The number of Topliss-reactive ketones (excluding diaryl/α,β-unsaturated/α-hetero) is 1. The Hall–Kier alpha value is -2.71. The van der Waals surface area contributed by atoms with Gasteiger partial charge in [0.1, 0.15) is 11.4 Å². The quantitative estimate of drug-likeness (QED) is 0.674. The third kappa shape index (κ3) is 4.58. The summed E-state index contributed by atoms with van der Waals surface area (Å²) in [5, 5.41) is 0. The summed E-state index contributed by atoms with van der Waals surface area (Å²) < 4.78 is 1.26. The highest BCUT2D eigenvalue weighted by Gasteiger charge is 2.24. The van der Waals surface area contributed by atoms with E-state index in [1.807, 2.05) is 30.0 Å². The first-order valence-electron chi connectivity index (χ1n) is 9.64. The van der Waals surface area contributed by atoms with Gasteiger partial charge in [-0.2, -0.15) is 0 Å².